The Hall–Kier alpha value is -1.89. The van der Waals surface area contributed by atoms with E-state index < -0.39 is 6.04 Å². The molecule has 2 amide bonds. The minimum Gasteiger partial charge on any atom is -0.354 e. The lowest BCUT2D eigenvalue weighted by Crippen LogP contribution is -2.51. The molecule has 196 valence electrons. The van der Waals surface area contributed by atoms with Crippen LogP contribution < -0.4 is 5.32 Å². The van der Waals surface area contributed by atoms with Crippen LogP contribution in [0.3, 0.4) is 0 Å². The molecule has 0 aliphatic rings. The van der Waals surface area contributed by atoms with Gasteiger partial charge in [-0.25, -0.2) is 0 Å². The van der Waals surface area contributed by atoms with Gasteiger partial charge in [-0.1, -0.05) is 95.8 Å². The zero-order chi connectivity index (χ0) is 26.8. The molecule has 0 aromatic heterocycles. The van der Waals surface area contributed by atoms with Crippen molar-refractivity contribution >= 4 is 70.0 Å². The van der Waals surface area contributed by atoms with Gasteiger partial charge in [-0.15, -0.1) is 11.8 Å². The first-order valence-electron chi connectivity index (χ1n) is 11.9. The number of carbonyl (C=O) groups excluding carboxylic acids is 2. The Morgan fingerprint density at radius 1 is 0.919 bits per heavy atom. The summed E-state index contributed by atoms with van der Waals surface area (Å²) in [5.74, 6) is 0.257. The molecule has 3 rings (SSSR count). The van der Waals surface area contributed by atoms with E-state index in [-0.39, 0.29) is 24.1 Å². The summed E-state index contributed by atoms with van der Waals surface area (Å²) in [6.07, 6.45) is 1.14. The van der Waals surface area contributed by atoms with Crippen molar-refractivity contribution in [2.45, 2.75) is 38.1 Å². The molecule has 4 nitrogen and oxygen atoms in total. The van der Waals surface area contributed by atoms with Gasteiger partial charge in [0.2, 0.25) is 11.8 Å². The molecule has 37 heavy (non-hydrogen) atoms. The highest BCUT2D eigenvalue weighted by molar-refractivity contribution is 7.99. The smallest absolute Gasteiger partial charge is 0.243 e. The highest BCUT2D eigenvalue weighted by atomic mass is 35.5. The molecule has 0 bridgehead atoms. The molecule has 3 aromatic rings. The molecule has 0 fully saturated rings. The summed E-state index contributed by atoms with van der Waals surface area (Å²) in [6.45, 7) is 2.61. The second-order valence-corrected chi connectivity index (χ2v) is 11.1. The van der Waals surface area contributed by atoms with E-state index in [2.05, 4.69) is 5.32 Å². The SMILES string of the molecule is CCCNC(=O)C(Cc1ccccc1)N(Cc1c(Cl)cccc1Cl)C(=O)CSCc1ccc(Cl)cc1Cl. The van der Waals surface area contributed by atoms with Crippen molar-refractivity contribution in [2.75, 3.05) is 12.3 Å². The summed E-state index contributed by atoms with van der Waals surface area (Å²) < 4.78 is 0. The van der Waals surface area contributed by atoms with Gasteiger partial charge in [0, 0.05) is 50.9 Å². The zero-order valence-corrected chi connectivity index (χ0v) is 24.2. The average Bonchev–Trinajstić information content (AvgIpc) is 2.88. The Labute approximate surface area is 242 Å². The second-order valence-electron chi connectivity index (χ2n) is 8.45. The van der Waals surface area contributed by atoms with Crippen molar-refractivity contribution < 1.29 is 9.59 Å². The molecule has 0 radical (unpaired) electrons. The average molecular weight is 598 g/mol. The van der Waals surface area contributed by atoms with Gasteiger partial charge in [0.1, 0.15) is 6.04 Å². The number of halogens is 4. The van der Waals surface area contributed by atoms with E-state index in [4.69, 9.17) is 46.4 Å². The van der Waals surface area contributed by atoms with Crippen molar-refractivity contribution in [3.63, 3.8) is 0 Å². The normalized spacial score (nSPS) is 11.7. The number of rotatable bonds is 12. The molecule has 1 unspecified atom stereocenters. The van der Waals surface area contributed by atoms with Gasteiger partial charge in [0.15, 0.2) is 0 Å². The Kier molecular flexibility index (Phi) is 11.9. The third-order valence-electron chi connectivity index (χ3n) is 5.71. The minimum atomic E-state index is -0.742. The third-order valence-corrected chi connectivity index (χ3v) is 7.97. The molecule has 9 heteroatoms. The predicted molar refractivity (Wildman–Crippen MR) is 157 cm³/mol. The number of carbonyl (C=O) groups is 2. The number of amides is 2. The molecule has 0 aliphatic carbocycles. The van der Waals surface area contributed by atoms with Crippen LogP contribution in [0.2, 0.25) is 20.1 Å². The summed E-state index contributed by atoms with van der Waals surface area (Å²) in [4.78, 5) is 28.7. The minimum absolute atomic E-state index is 0.108. The fraction of sp³-hybridized carbons (Fsp3) is 0.286. The molecule has 0 saturated carbocycles. The maximum atomic E-state index is 13.7. The lowest BCUT2D eigenvalue weighted by Gasteiger charge is -2.32. The highest BCUT2D eigenvalue weighted by Crippen LogP contribution is 2.29. The first-order valence-corrected chi connectivity index (χ1v) is 14.5. The predicted octanol–water partition coefficient (Wildman–Crippen LogP) is 7.70. The van der Waals surface area contributed by atoms with Crippen LogP contribution in [0.15, 0.2) is 66.7 Å². The maximum Gasteiger partial charge on any atom is 0.243 e. The van der Waals surface area contributed by atoms with Crippen LogP contribution in [-0.4, -0.2) is 35.1 Å². The van der Waals surface area contributed by atoms with E-state index in [0.29, 0.717) is 44.4 Å². The van der Waals surface area contributed by atoms with Crippen LogP contribution in [-0.2, 0) is 28.3 Å². The third kappa shape index (κ3) is 8.83. The Bertz CT molecular complexity index is 1190. The van der Waals surface area contributed by atoms with Gasteiger partial charge in [0.25, 0.3) is 0 Å². The number of benzene rings is 3. The topological polar surface area (TPSA) is 49.4 Å². The molecular formula is C28H28Cl4N2O2S. The standard InChI is InChI=1S/C28H28Cl4N2O2S/c1-2-13-33-28(36)26(14-19-7-4-3-5-8-19)34(16-22-23(30)9-6-10-24(22)31)27(35)18-37-17-20-11-12-21(29)15-25(20)32/h3-12,15,26H,2,13-14,16-18H2,1H3,(H,33,36). The Morgan fingerprint density at radius 2 is 1.62 bits per heavy atom. The van der Waals surface area contributed by atoms with Gasteiger partial charge in [-0.2, -0.15) is 0 Å². The highest BCUT2D eigenvalue weighted by Gasteiger charge is 2.31. The van der Waals surface area contributed by atoms with Crippen LogP contribution in [0.25, 0.3) is 0 Å². The molecule has 0 heterocycles. The summed E-state index contributed by atoms with van der Waals surface area (Å²) in [5, 5.41) is 4.95. The van der Waals surface area contributed by atoms with Crippen LogP contribution in [0.1, 0.15) is 30.0 Å². The van der Waals surface area contributed by atoms with Gasteiger partial charge in [-0.05, 0) is 41.8 Å². The van der Waals surface area contributed by atoms with Gasteiger partial charge in [0.05, 0.1) is 5.75 Å². The van der Waals surface area contributed by atoms with Crippen molar-refractivity contribution in [3.8, 4) is 0 Å². The van der Waals surface area contributed by atoms with Crippen LogP contribution >= 0.6 is 58.2 Å². The van der Waals surface area contributed by atoms with Crippen molar-refractivity contribution in [1.82, 2.24) is 10.2 Å². The molecular weight excluding hydrogens is 570 g/mol. The first-order chi connectivity index (χ1) is 17.8. The van der Waals surface area contributed by atoms with Crippen molar-refractivity contribution in [2.24, 2.45) is 0 Å². The maximum absolute atomic E-state index is 13.7. The summed E-state index contributed by atoms with van der Waals surface area (Å²) >= 11 is 26.7. The number of hydrogen-bond acceptors (Lipinski definition) is 3. The molecule has 0 saturated heterocycles. The largest absolute Gasteiger partial charge is 0.354 e. The van der Waals surface area contributed by atoms with E-state index in [1.807, 2.05) is 43.3 Å². The fourth-order valence-electron chi connectivity index (χ4n) is 3.74. The molecule has 1 N–H and O–H groups in total. The lowest BCUT2D eigenvalue weighted by atomic mass is 10.0. The first kappa shape index (κ1) is 29.7. The zero-order valence-electron chi connectivity index (χ0n) is 20.4. The van der Waals surface area contributed by atoms with E-state index in [1.165, 1.54) is 11.8 Å². The fourth-order valence-corrected chi connectivity index (χ4v) is 5.73. The van der Waals surface area contributed by atoms with E-state index in [9.17, 15) is 9.59 Å². The van der Waals surface area contributed by atoms with Crippen molar-refractivity contribution in [1.29, 1.82) is 0 Å². The van der Waals surface area contributed by atoms with E-state index in [0.717, 1.165) is 17.5 Å². The molecule has 0 spiro atoms. The van der Waals surface area contributed by atoms with Crippen LogP contribution in [0, 0.1) is 0 Å². The van der Waals surface area contributed by atoms with Crippen LogP contribution in [0.4, 0.5) is 0 Å². The number of thioether (sulfide) groups is 1. The van der Waals surface area contributed by atoms with E-state index in [1.54, 1.807) is 35.2 Å². The molecule has 1 atom stereocenters. The van der Waals surface area contributed by atoms with Gasteiger partial charge < -0.3 is 10.2 Å². The molecule has 3 aromatic carbocycles. The Balaban J connectivity index is 1.88. The number of nitrogens with zero attached hydrogens (tertiary/aromatic N) is 1. The van der Waals surface area contributed by atoms with E-state index >= 15 is 0 Å². The van der Waals surface area contributed by atoms with Crippen LogP contribution in [0.5, 0.6) is 0 Å². The number of hydrogen-bond donors (Lipinski definition) is 1. The lowest BCUT2D eigenvalue weighted by molar-refractivity contribution is -0.139. The van der Waals surface area contributed by atoms with Crippen molar-refractivity contribution in [3.05, 3.63) is 104 Å². The summed E-state index contributed by atoms with van der Waals surface area (Å²) in [5.41, 5.74) is 2.43. The second kappa shape index (κ2) is 14.9. The monoisotopic (exact) mass is 596 g/mol. The Morgan fingerprint density at radius 3 is 2.27 bits per heavy atom. The summed E-state index contributed by atoms with van der Waals surface area (Å²) in [7, 11) is 0. The molecule has 0 aliphatic heterocycles. The van der Waals surface area contributed by atoms with Gasteiger partial charge >= 0.3 is 0 Å². The van der Waals surface area contributed by atoms with Gasteiger partial charge in [-0.3, -0.25) is 9.59 Å². The number of nitrogens with one attached hydrogen (secondary N) is 1. The quantitative estimate of drug-likeness (QED) is 0.233. The summed E-state index contributed by atoms with van der Waals surface area (Å²) in [6, 6.07) is 19.4.